The average Bonchev–Trinajstić information content (AvgIpc) is 2.08. The largest absolute Gasteiger partial charge is 0.393 e. The van der Waals surface area contributed by atoms with Crippen LogP contribution in [0.1, 0.15) is 79.1 Å². The number of aliphatic hydroxyl groups is 1. The Bertz CT molecular complexity index is 135. The molecule has 0 spiro atoms. The highest BCUT2D eigenvalue weighted by Crippen LogP contribution is 2.23. The van der Waals surface area contributed by atoms with E-state index in [1.165, 1.54) is 38.5 Å². The van der Waals surface area contributed by atoms with Crippen molar-refractivity contribution in [1.29, 1.82) is 0 Å². The maximum atomic E-state index is 9.79. The van der Waals surface area contributed by atoms with Gasteiger partial charge in [-0.05, 0) is 18.3 Å². The molecule has 92 valence electrons. The topological polar surface area (TPSA) is 20.2 Å². The Labute approximate surface area is 96.3 Å². The zero-order valence-electron chi connectivity index (χ0n) is 11.2. The van der Waals surface area contributed by atoms with Gasteiger partial charge in [0.2, 0.25) is 0 Å². The predicted octanol–water partition coefficient (Wildman–Crippen LogP) is 4.53. The molecular formula is C14H30O. The average molecular weight is 214 g/mol. The smallest absolute Gasteiger partial charge is 0.0545 e. The second-order valence-corrected chi connectivity index (χ2v) is 5.98. The van der Waals surface area contributed by atoms with Crippen LogP contribution in [0.5, 0.6) is 0 Å². The van der Waals surface area contributed by atoms with E-state index < -0.39 is 0 Å². The van der Waals surface area contributed by atoms with Gasteiger partial charge in [-0.1, -0.05) is 66.2 Å². The van der Waals surface area contributed by atoms with Gasteiger partial charge in [0.05, 0.1) is 6.10 Å². The van der Waals surface area contributed by atoms with Crippen molar-refractivity contribution in [2.24, 2.45) is 5.41 Å². The molecular weight excluding hydrogens is 184 g/mol. The lowest BCUT2D eigenvalue weighted by atomic mass is 9.87. The molecule has 0 aliphatic carbocycles. The van der Waals surface area contributed by atoms with Crippen LogP contribution >= 0.6 is 0 Å². The molecule has 0 aliphatic rings. The molecule has 0 aromatic heterocycles. The van der Waals surface area contributed by atoms with Crippen molar-refractivity contribution in [3.05, 3.63) is 0 Å². The van der Waals surface area contributed by atoms with E-state index in [0.717, 1.165) is 12.8 Å². The molecule has 0 fully saturated rings. The van der Waals surface area contributed by atoms with Crippen molar-refractivity contribution in [2.75, 3.05) is 0 Å². The highest BCUT2D eigenvalue weighted by molar-refractivity contribution is 4.67. The predicted molar refractivity (Wildman–Crippen MR) is 68.1 cm³/mol. The molecule has 1 heteroatoms. The van der Waals surface area contributed by atoms with Gasteiger partial charge in [-0.2, -0.15) is 0 Å². The molecule has 0 amide bonds. The van der Waals surface area contributed by atoms with Crippen LogP contribution in [0.4, 0.5) is 0 Å². The van der Waals surface area contributed by atoms with Crippen LogP contribution in [0.2, 0.25) is 0 Å². The first kappa shape index (κ1) is 15.0. The molecule has 0 saturated heterocycles. The molecule has 0 aromatic rings. The summed E-state index contributed by atoms with van der Waals surface area (Å²) in [6.45, 7) is 8.82. The highest BCUT2D eigenvalue weighted by atomic mass is 16.3. The van der Waals surface area contributed by atoms with Gasteiger partial charge in [0, 0.05) is 0 Å². The molecule has 1 unspecified atom stereocenters. The number of hydrogen-bond acceptors (Lipinski definition) is 1. The summed E-state index contributed by atoms with van der Waals surface area (Å²) in [5.74, 6) is 0. The van der Waals surface area contributed by atoms with E-state index in [-0.39, 0.29) is 11.5 Å². The zero-order chi connectivity index (χ0) is 11.7. The quantitative estimate of drug-likeness (QED) is 0.588. The third kappa shape index (κ3) is 11.9. The van der Waals surface area contributed by atoms with E-state index in [4.69, 9.17) is 0 Å². The first-order chi connectivity index (χ1) is 6.95. The van der Waals surface area contributed by atoms with E-state index in [1.807, 2.05) is 0 Å². The number of rotatable bonds is 8. The van der Waals surface area contributed by atoms with Crippen LogP contribution in [-0.4, -0.2) is 11.2 Å². The van der Waals surface area contributed by atoms with Crippen LogP contribution in [0.15, 0.2) is 0 Å². The highest BCUT2D eigenvalue weighted by Gasteiger charge is 2.15. The van der Waals surface area contributed by atoms with Crippen molar-refractivity contribution in [3.63, 3.8) is 0 Å². The molecule has 0 saturated carbocycles. The minimum Gasteiger partial charge on any atom is -0.393 e. The minimum absolute atomic E-state index is 0.0869. The van der Waals surface area contributed by atoms with Crippen molar-refractivity contribution >= 4 is 0 Å². The summed E-state index contributed by atoms with van der Waals surface area (Å²) < 4.78 is 0. The maximum Gasteiger partial charge on any atom is 0.0545 e. The Morgan fingerprint density at radius 3 is 2.00 bits per heavy atom. The Balaban J connectivity index is 3.28. The molecule has 0 heterocycles. The van der Waals surface area contributed by atoms with Gasteiger partial charge in [0.1, 0.15) is 0 Å². The molecule has 0 radical (unpaired) electrons. The Morgan fingerprint density at radius 2 is 1.47 bits per heavy atom. The summed E-state index contributed by atoms with van der Waals surface area (Å²) in [7, 11) is 0. The van der Waals surface area contributed by atoms with Crippen molar-refractivity contribution in [3.8, 4) is 0 Å². The van der Waals surface area contributed by atoms with E-state index in [1.54, 1.807) is 0 Å². The van der Waals surface area contributed by atoms with Crippen molar-refractivity contribution < 1.29 is 5.11 Å². The van der Waals surface area contributed by atoms with Gasteiger partial charge in [0.25, 0.3) is 0 Å². The molecule has 1 atom stereocenters. The van der Waals surface area contributed by atoms with Gasteiger partial charge in [-0.25, -0.2) is 0 Å². The normalized spacial score (nSPS) is 14.2. The third-order valence-electron chi connectivity index (χ3n) is 2.74. The number of aliphatic hydroxyl groups excluding tert-OH is 1. The van der Waals surface area contributed by atoms with Gasteiger partial charge >= 0.3 is 0 Å². The summed E-state index contributed by atoms with van der Waals surface area (Å²) in [6.07, 6.45) is 9.71. The lowest BCUT2D eigenvalue weighted by molar-refractivity contribution is 0.110. The molecule has 15 heavy (non-hydrogen) atoms. The second-order valence-electron chi connectivity index (χ2n) is 5.98. The van der Waals surface area contributed by atoms with Crippen molar-refractivity contribution in [1.82, 2.24) is 0 Å². The summed E-state index contributed by atoms with van der Waals surface area (Å²) in [4.78, 5) is 0. The first-order valence-corrected chi connectivity index (χ1v) is 6.64. The molecule has 1 N–H and O–H groups in total. The summed E-state index contributed by atoms with van der Waals surface area (Å²) in [5.41, 5.74) is 0.266. The number of hydrogen-bond donors (Lipinski definition) is 1. The molecule has 1 nitrogen and oxygen atoms in total. The molecule has 0 aliphatic heterocycles. The van der Waals surface area contributed by atoms with Gasteiger partial charge < -0.3 is 5.11 Å². The number of unbranched alkanes of at least 4 members (excludes halogenated alkanes) is 5. The lowest BCUT2D eigenvalue weighted by Crippen LogP contribution is -2.17. The van der Waals surface area contributed by atoms with Gasteiger partial charge in [0.15, 0.2) is 0 Å². The maximum absolute atomic E-state index is 9.79. The van der Waals surface area contributed by atoms with E-state index in [2.05, 4.69) is 27.7 Å². The fourth-order valence-corrected chi connectivity index (χ4v) is 1.97. The third-order valence-corrected chi connectivity index (χ3v) is 2.74. The van der Waals surface area contributed by atoms with E-state index in [9.17, 15) is 5.11 Å². The summed E-state index contributed by atoms with van der Waals surface area (Å²) >= 11 is 0. The Kier molecular flexibility index (Phi) is 8.13. The van der Waals surface area contributed by atoms with Crippen LogP contribution in [0.25, 0.3) is 0 Å². The van der Waals surface area contributed by atoms with Crippen molar-refractivity contribution in [2.45, 2.75) is 85.2 Å². The second kappa shape index (κ2) is 8.15. The van der Waals surface area contributed by atoms with Gasteiger partial charge in [-0.3, -0.25) is 0 Å². The zero-order valence-corrected chi connectivity index (χ0v) is 11.2. The Hall–Kier alpha value is -0.0400. The molecule has 0 aromatic carbocycles. The fourth-order valence-electron chi connectivity index (χ4n) is 1.97. The first-order valence-electron chi connectivity index (χ1n) is 6.64. The van der Waals surface area contributed by atoms with E-state index >= 15 is 0 Å². The monoisotopic (exact) mass is 214 g/mol. The molecule has 0 rings (SSSR count). The van der Waals surface area contributed by atoms with Crippen LogP contribution in [0, 0.1) is 5.41 Å². The van der Waals surface area contributed by atoms with Crippen LogP contribution in [-0.2, 0) is 0 Å². The van der Waals surface area contributed by atoms with E-state index in [0.29, 0.717) is 0 Å². The summed E-state index contributed by atoms with van der Waals surface area (Å²) in [5, 5.41) is 9.79. The Morgan fingerprint density at radius 1 is 0.933 bits per heavy atom. The minimum atomic E-state index is -0.0869. The van der Waals surface area contributed by atoms with Crippen LogP contribution in [0.3, 0.4) is 0 Å². The van der Waals surface area contributed by atoms with Gasteiger partial charge in [-0.15, -0.1) is 0 Å². The van der Waals surface area contributed by atoms with Crippen LogP contribution < -0.4 is 0 Å². The standard InChI is InChI=1S/C14H30O/c1-5-6-7-8-9-10-11-13(15)12-14(2,3)4/h13,15H,5-12H2,1-4H3. The molecule has 0 bridgehead atoms. The summed E-state index contributed by atoms with van der Waals surface area (Å²) in [6, 6.07) is 0. The lowest BCUT2D eigenvalue weighted by Gasteiger charge is -2.22. The SMILES string of the molecule is CCCCCCCCC(O)CC(C)(C)C. The fraction of sp³-hybridized carbons (Fsp3) is 1.00.